The number of fused-ring (bicyclic) bond motifs is 3. The number of carbonyl (C=O) groups is 2. The summed E-state index contributed by atoms with van der Waals surface area (Å²) in [6.45, 7) is 9.87. The molecule has 2 heterocycles. The Morgan fingerprint density at radius 3 is 2.47 bits per heavy atom. The highest BCUT2D eigenvalue weighted by Gasteiger charge is 2.20. The molecule has 2 amide bonds. The SMILES string of the molecule is CC[C@H](C)NC(=O)c1ccc2c(=O)n(CCC(C)C)c3nn(CC(=O)Nc4ccccc4C)c(=O)n3c2c1. The summed E-state index contributed by atoms with van der Waals surface area (Å²) in [5.41, 5.74) is 1.27. The summed E-state index contributed by atoms with van der Waals surface area (Å²) in [6.07, 6.45) is 1.46. The molecule has 0 radical (unpaired) electrons. The second-order valence-corrected chi connectivity index (χ2v) is 10.1. The van der Waals surface area contributed by atoms with Crippen molar-refractivity contribution in [2.45, 2.75) is 66.6 Å². The molecule has 4 aromatic rings. The van der Waals surface area contributed by atoms with Gasteiger partial charge in [-0.2, -0.15) is 0 Å². The predicted molar refractivity (Wildman–Crippen MR) is 148 cm³/mol. The summed E-state index contributed by atoms with van der Waals surface area (Å²) >= 11 is 0. The van der Waals surface area contributed by atoms with Crippen LogP contribution in [0, 0.1) is 12.8 Å². The molecule has 0 saturated carbocycles. The zero-order valence-corrected chi connectivity index (χ0v) is 22.4. The molecule has 0 spiro atoms. The number of para-hydroxylation sites is 1. The van der Waals surface area contributed by atoms with Gasteiger partial charge in [0.15, 0.2) is 0 Å². The van der Waals surface area contributed by atoms with Gasteiger partial charge in [0.05, 0.1) is 10.9 Å². The van der Waals surface area contributed by atoms with Crippen LogP contribution in [0.5, 0.6) is 0 Å². The van der Waals surface area contributed by atoms with Crippen LogP contribution in [-0.4, -0.2) is 36.6 Å². The van der Waals surface area contributed by atoms with Crippen molar-refractivity contribution in [1.29, 1.82) is 0 Å². The largest absolute Gasteiger partial charge is 0.352 e. The number of carbonyl (C=O) groups excluding carboxylic acids is 2. The van der Waals surface area contributed by atoms with Crippen LogP contribution in [0.1, 0.15) is 56.5 Å². The summed E-state index contributed by atoms with van der Waals surface area (Å²) in [4.78, 5) is 52.7. The fourth-order valence-corrected chi connectivity index (χ4v) is 4.20. The summed E-state index contributed by atoms with van der Waals surface area (Å²) in [6, 6.07) is 12.0. The van der Waals surface area contributed by atoms with Crippen LogP contribution in [0.2, 0.25) is 0 Å². The number of aryl methyl sites for hydroxylation is 2. The number of hydrogen-bond acceptors (Lipinski definition) is 5. The Kier molecular flexibility index (Phi) is 7.80. The molecular weight excluding hydrogens is 484 g/mol. The van der Waals surface area contributed by atoms with Gasteiger partial charge in [-0.1, -0.05) is 39.0 Å². The fraction of sp³-hybridized carbons (Fsp3) is 0.393. The van der Waals surface area contributed by atoms with E-state index >= 15 is 0 Å². The number of nitrogens with one attached hydrogen (secondary N) is 2. The molecule has 4 rings (SSSR count). The van der Waals surface area contributed by atoms with E-state index in [0.29, 0.717) is 35.5 Å². The van der Waals surface area contributed by atoms with E-state index in [1.54, 1.807) is 18.2 Å². The van der Waals surface area contributed by atoms with Gasteiger partial charge >= 0.3 is 5.69 Å². The normalized spacial score (nSPS) is 12.3. The third-order valence-corrected chi connectivity index (χ3v) is 6.67. The van der Waals surface area contributed by atoms with Crippen LogP contribution in [0.25, 0.3) is 16.7 Å². The Morgan fingerprint density at radius 2 is 1.79 bits per heavy atom. The predicted octanol–water partition coefficient (Wildman–Crippen LogP) is 3.33. The molecular formula is C28H34N6O4. The lowest BCUT2D eigenvalue weighted by Gasteiger charge is -2.13. The molecule has 38 heavy (non-hydrogen) atoms. The average Bonchev–Trinajstić information content (AvgIpc) is 3.20. The van der Waals surface area contributed by atoms with Gasteiger partial charge in [-0.3, -0.25) is 19.0 Å². The maximum absolute atomic E-state index is 13.6. The van der Waals surface area contributed by atoms with Crippen LogP contribution in [0.15, 0.2) is 52.1 Å². The minimum Gasteiger partial charge on any atom is -0.350 e. The Balaban J connectivity index is 1.84. The van der Waals surface area contributed by atoms with Crippen LogP contribution >= 0.6 is 0 Å². The minimum atomic E-state index is -0.567. The third kappa shape index (κ3) is 5.39. The highest BCUT2D eigenvalue weighted by molar-refractivity contribution is 5.98. The van der Waals surface area contributed by atoms with Gasteiger partial charge in [0.2, 0.25) is 11.7 Å². The monoisotopic (exact) mass is 518 g/mol. The van der Waals surface area contributed by atoms with Crippen LogP contribution in [0.3, 0.4) is 0 Å². The van der Waals surface area contributed by atoms with E-state index in [1.165, 1.54) is 15.0 Å². The lowest BCUT2D eigenvalue weighted by molar-refractivity contribution is -0.117. The summed E-state index contributed by atoms with van der Waals surface area (Å²) in [5.74, 6) is -0.260. The summed E-state index contributed by atoms with van der Waals surface area (Å²) in [5, 5.41) is 10.4. The Labute approximate surface area is 220 Å². The molecule has 0 aliphatic heterocycles. The first-order chi connectivity index (χ1) is 18.1. The fourth-order valence-electron chi connectivity index (χ4n) is 4.20. The Hall–Kier alpha value is -4.21. The van der Waals surface area contributed by atoms with Gasteiger partial charge in [-0.15, -0.1) is 5.10 Å². The molecule has 0 aliphatic rings. The quantitative estimate of drug-likeness (QED) is 0.352. The van der Waals surface area contributed by atoms with Crippen molar-refractivity contribution < 1.29 is 9.59 Å². The highest BCUT2D eigenvalue weighted by atomic mass is 16.2. The van der Waals surface area contributed by atoms with Gasteiger partial charge in [0.1, 0.15) is 6.54 Å². The second kappa shape index (κ2) is 11.0. The molecule has 2 aromatic heterocycles. The van der Waals surface area contributed by atoms with Crippen molar-refractivity contribution >= 4 is 34.2 Å². The molecule has 10 nitrogen and oxygen atoms in total. The van der Waals surface area contributed by atoms with E-state index in [1.807, 2.05) is 52.8 Å². The molecule has 0 saturated heterocycles. The van der Waals surface area contributed by atoms with E-state index in [2.05, 4.69) is 15.7 Å². The molecule has 1 atom stereocenters. The van der Waals surface area contributed by atoms with Crippen molar-refractivity contribution in [3.63, 3.8) is 0 Å². The zero-order valence-electron chi connectivity index (χ0n) is 22.4. The third-order valence-electron chi connectivity index (χ3n) is 6.67. The van der Waals surface area contributed by atoms with Crippen molar-refractivity contribution in [1.82, 2.24) is 24.1 Å². The topological polar surface area (TPSA) is 120 Å². The lowest BCUT2D eigenvalue weighted by Crippen LogP contribution is -2.32. The Bertz CT molecular complexity index is 1630. The lowest BCUT2D eigenvalue weighted by atomic mass is 10.1. The molecule has 10 heteroatoms. The van der Waals surface area contributed by atoms with Crippen molar-refractivity contribution in [2.75, 3.05) is 5.32 Å². The van der Waals surface area contributed by atoms with Crippen LogP contribution in [0.4, 0.5) is 5.69 Å². The number of rotatable bonds is 9. The average molecular weight is 519 g/mol. The number of benzene rings is 2. The highest BCUT2D eigenvalue weighted by Crippen LogP contribution is 2.16. The van der Waals surface area contributed by atoms with Crippen molar-refractivity contribution in [2.24, 2.45) is 5.92 Å². The van der Waals surface area contributed by atoms with Crippen LogP contribution in [-0.2, 0) is 17.9 Å². The van der Waals surface area contributed by atoms with E-state index in [-0.39, 0.29) is 35.3 Å². The van der Waals surface area contributed by atoms with E-state index in [4.69, 9.17) is 0 Å². The second-order valence-electron chi connectivity index (χ2n) is 10.1. The van der Waals surface area contributed by atoms with Crippen molar-refractivity contribution in [3.8, 4) is 0 Å². The van der Waals surface area contributed by atoms with Gasteiger partial charge in [0, 0.05) is 23.8 Å². The molecule has 200 valence electrons. The zero-order chi connectivity index (χ0) is 27.6. The van der Waals surface area contributed by atoms with E-state index < -0.39 is 11.6 Å². The first kappa shape index (κ1) is 26.8. The number of amides is 2. The van der Waals surface area contributed by atoms with Gasteiger partial charge in [0.25, 0.3) is 11.5 Å². The van der Waals surface area contributed by atoms with Gasteiger partial charge in [-0.05, 0) is 62.4 Å². The van der Waals surface area contributed by atoms with Gasteiger partial charge in [-0.25, -0.2) is 13.9 Å². The standard InChI is InChI=1S/C28H34N6O4/c1-6-19(5)29-25(36)20-11-12-21-23(15-20)34-27(32(26(21)37)14-13-17(2)3)31-33(28(34)38)16-24(35)30-22-10-8-7-9-18(22)4/h7-12,15,17,19H,6,13-14,16H2,1-5H3,(H,29,36)(H,30,35)/t19-/m0/s1. The summed E-state index contributed by atoms with van der Waals surface area (Å²) < 4.78 is 3.84. The first-order valence-electron chi connectivity index (χ1n) is 12.9. The Morgan fingerprint density at radius 1 is 1.05 bits per heavy atom. The smallest absolute Gasteiger partial charge is 0.350 e. The molecule has 2 aromatic carbocycles. The molecule has 0 fully saturated rings. The maximum atomic E-state index is 13.6. The number of aromatic nitrogens is 4. The molecule has 2 N–H and O–H groups in total. The van der Waals surface area contributed by atoms with E-state index in [0.717, 1.165) is 16.7 Å². The number of nitrogens with zero attached hydrogens (tertiary/aromatic N) is 4. The molecule has 0 unspecified atom stereocenters. The van der Waals surface area contributed by atoms with Crippen LogP contribution < -0.4 is 21.9 Å². The van der Waals surface area contributed by atoms with Crippen molar-refractivity contribution in [3.05, 3.63) is 74.4 Å². The van der Waals surface area contributed by atoms with Gasteiger partial charge < -0.3 is 10.6 Å². The molecule has 0 bridgehead atoms. The maximum Gasteiger partial charge on any atom is 0.352 e. The number of anilines is 1. The first-order valence-corrected chi connectivity index (χ1v) is 12.9. The summed E-state index contributed by atoms with van der Waals surface area (Å²) in [7, 11) is 0. The molecule has 0 aliphatic carbocycles. The van der Waals surface area contributed by atoms with E-state index in [9.17, 15) is 19.2 Å². The minimum absolute atomic E-state index is 0.0283. The number of hydrogen-bond donors (Lipinski definition) is 2.